The molecule has 9 nitrogen and oxygen atoms in total. The third-order valence-corrected chi connectivity index (χ3v) is 7.43. The molecule has 5 heterocycles. The quantitative estimate of drug-likeness (QED) is 0.347. The summed E-state index contributed by atoms with van der Waals surface area (Å²) in [6.07, 6.45) is 8.94. The topological polar surface area (TPSA) is 120 Å². The van der Waals surface area contributed by atoms with E-state index < -0.39 is 5.41 Å². The first-order valence-electron chi connectivity index (χ1n) is 13.4. The SMILES string of the molecule is CC(C)(C)C(=O)Nc1cncc(-c2ccc3c(c2)C(c2nc4c([nH]2)C(C)(c2ccncc2)CN=C4)=NCCN3)c1. The van der Waals surface area contributed by atoms with E-state index in [2.05, 4.69) is 55.7 Å². The van der Waals surface area contributed by atoms with Gasteiger partial charge in [-0.1, -0.05) is 26.8 Å². The summed E-state index contributed by atoms with van der Waals surface area (Å²) in [6.45, 7) is 9.81. The van der Waals surface area contributed by atoms with Gasteiger partial charge in [0.25, 0.3) is 0 Å². The number of aliphatic imine (C=N–C) groups is 2. The van der Waals surface area contributed by atoms with Gasteiger partial charge in [0.05, 0.1) is 36.1 Å². The van der Waals surface area contributed by atoms with Crippen LogP contribution in [-0.4, -0.2) is 57.4 Å². The van der Waals surface area contributed by atoms with Crippen LogP contribution in [-0.2, 0) is 10.2 Å². The number of fused-ring (bicyclic) bond motifs is 2. The van der Waals surface area contributed by atoms with Gasteiger partial charge in [-0.2, -0.15) is 0 Å². The first-order chi connectivity index (χ1) is 19.2. The van der Waals surface area contributed by atoms with Crippen LogP contribution in [0, 0.1) is 5.41 Å². The maximum atomic E-state index is 12.5. The van der Waals surface area contributed by atoms with Crippen LogP contribution in [0.1, 0.15) is 56.0 Å². The first kappa shape index (κ1) is 25.6. The number of hydrogen-bond acceptors (Lipinski definition) is 7. The third kappa shape index (κ3) is 4.68. The molecule has 202 valence electrons. The average molecular weight is 533 g/mol. The fraction of sp³-hybridized carbons (Fsp3) is 0.290. The van der Waals surface area contributed by atoms with Crippen LogP contribution in [0.25, 0.3) is 11.1 Å². The van der Waals surface area contributed by atoms with E-state index in [1.165, 1.54) is 0 Å². The number of benzodiazepines with no additional fused rings is 1. The number of imidazole rings is 1. The third-order valence-electron chi connectivity index (χ3n) is 7.43. The molecule has 0 spiro atoms. The predicted molar refractivity (Wildman–Crippen MR) is 158 cm³/mol. The summed E-state index contributed by atoms with van der Waals surface area (Å²) >= 11 is 0. The Bertz CT molecular complexity index is 1650. The van der Waals surface area contributed by atoms with Crippen LogP contribution >= 0.6 is 0 Å². The Balaban J connectivity index is 1.39. The normalized spacial score (nSPS) is 18.1. The van der Waals surface area contributed by atoms with Crippen LogP contribution < -0.4 is 10.6 Å². The lowest BCUT2D eigenvalue weighted by molar-refractivity contribution is -0.123. The molecule has 0 aliphatic carbocycles. The second-order valence-electron chi connectivity index (χ2n) is 11.5. The van der Waals surface area contributed by atoms with Crippen LogP contribution in [0.3, 0.4) is 0 Å². The first-order valence-corrected chi connectivity index (χ1v) is 13.4. The number of carbonyl (C=O) groups excluding carboxylic acids is 1. The molecule has 2 aliphatic rings. The van der Waals surface area contributed by atoms with Crippen molar-refractivity contribution in [2.24, 2.45) is 15.4 Å². The van der Waals surface area contributed by atoms with Crippen LogP contribution in [0.5, 0.6) is 0 Å². The van der Waals surface area contributed by atoms with Gasteiger partial charge in [-0.15, -0.1) is 0 Å². The number of carbonyl (C=O) groups is 1. The molecule has 40 heavy (non-hydrogen) atoms. The molecule has 0 fully saturated rings. The number of aromatic amines is 1. The smallest absolute Gasteiger partial charge is 0.229 e. The van der Waals surface area contributed by atoms with E-state index in [1.807, 2.05) is 57.6 Å². The van der Waals surface area contributed by atoms with Gasteiger partial charge < -0.3 is 15.6 Å². The fourth-order valence-corrected chi connectivity index (χ4v) is 5.07. The highest BCUT2D eigenvalue weighted by molar-refractivity contribution is 6.15. The molecular formula is C31H32N8O. The van der Waals surface area contributed by atoms with Crippen molar-refractivity contribution in [3.8, 4) is 11.1 Å². The molecule has 1 aromatic carbocycles. The summed E-state index contributed by atoms with van der Waals surface area (Å²) in [5.74, 6) is 0.654. The van der Waals surface area contributed by atoms with Crippen molar-refractivity contribution in [1.29, 1.82) is 0 Å². The van der Waals surface area contributed by atoms with Crippen molar-refractivity contribution in [1.82, 2.24) is 19.9 Å². The molecule has 1 unspecified atom stereocenters. The van der Waals surface area contributed by atoms with Gasteiger partial charge in [0.2, 0.25) is 5.91 Å². The Labute approximate surface area is 233 Å². The molecule has 1 atom stereocenters. The van der Waals surface area contributed by atoms with E-state index in [1.54, 1.807) is 12.4 Å². The minimum absolute atomic E-state index is 0.0592. The zero-order chi connectivity index (χ0) is 27.9. The Morgan fingerprint density at radius 1 is 1.02 bits per heavy atom. The molecule has 0 bridgehead atoms. The van der Waals surface area contributed by atoms with Gasteiger partial charge in [-0.05, 0) is 48.4 Å². The number of benzene rings is 1. The van der Waals surface area contributed by atoms with Gasteiger partial charge >= 0.3 is 0 Å². The number of nitrogens with zero attached hydrogens (tertiary/aromatic N) is 5. The van der Waals surface area contributed by atoms with Crippen molar-refractivity contribution >= 4 is 29.2 Å². The fourth-order valence-electron chi connectivity index (χ4n) is 5.07. The predicted octanol–water partition coefficient (Wildman–Crippen LogP) is 4.85. The number of hydrogen-bond donors (Lipinski definition) is 3. The van der Waals surface area contributed by atoms with Gasteiger partial charge in [0.1, 0.15) is 11.4 Å². The molecule has 9 heteroatoms. The summed E-state index contributed by atoms with van der Waals surface area (Å²) in [7, 11) is 0. The molecule has 2 aliphatic heterocycles. The van der Waals surface area contributed by atoms with Crippen molar-refractivity contribution < 1.29 is 4.79 Å². The molecule has 4 aromatic rings. The molecule has 3 aromatic heterocycles. The number of amides is 1. The van der Waals surface area contributed by atoms with E-state index in [4.69, 9.17) is 9.98 Å². The molecule has 0 saturated carbocycles. The highest BCUT2D eigenvalue weighted by atomic mass is 16.2. The van der Waals surface area contributed by atoms with Crippen LogP contribution in [0.15, 0.2) is 71.2 Å². The minimum Gasteiger partial charge on any atom is -0.383 e. The van der Waals surface area contributed by atoms with Crippen molar-refractivity contribution in [2.75, 3.05) is 30.3 Å². The number of pyridine rings is 2. The van der Waals surface area contributed by atoms with E-state index in [0.717, 1.165) is 51.6 Å². The average Bonchev–Trinajstić information content (AvgIpc) is 3.28. The number of anilines is 2. The maximum Gasteiger partial charge on any atom is 0.229 e. The lowest BCUT2D eigenvalue weighted by atomic mass is 9.78. The Hall–Kier alpha value is -4.66. The lowest BCUT2D eigenvalue weighted by Crippen LogP contribution is -2.31. The van der Waals surface area contributed by atoms with Gasteiger partial charge in [0.15, 0.2) is 5.82 Å². The number of nitrogens with one attached hydrogen (secondary N) is 3. The van der Waals surface area contributed by atoms with E-state index in [0.29, 0.717) is 24.6 Å². The van der Waals surface area contributed by atoms with Crippen molar-refractivity contribution in [2.45, 2.75) is 33.1 Å². The molecule has 1 amide bonds. The lowest BCUT2D eigenvalue weighted by Gasteiger charge is -2.30. The number of aromatic nitrogens is 4. The highest BCUT2D eigenvalue weighted by Gasteiger charge is 2.36. The molecule has 0 radical (unpaired) electrons. The molecular weight excluding hydrogens is 500 g/mol. The minimum atomic E-state index is -0.502. The van der Waals surface area contributed by atoms with E-state index in [-0.39, 0.29) is 11.3 Å². The van der Waals surface area contributed by atoms with Crippen molar-refractivity contribution in [3.63, 3.8) is 0 Å². The van der Waals surface area contributed by atoms with Crippen LogP contribution in [0.4, 0.5) is 11.4 Å². The van der Waals surface area contributed by atoms with Crippen LogP contribution in [0.2, 0.25) is 0 Å². The zero-order valence-electron chi connectivity index (χ0n) is 23.1. The maximum absolute atomic E-state index is 12.5. The number of H-pyrrole nitrogens is 1. The second kappa shape index (κ2) is 9.82. The van der Waals surface area contributed by atoms with Gasteiger partial charge in [0, 0.05) is 53.6 Å². The Morgan fingerprint density at radius 3 is 2.65 bits per heavy atom. The summed E-state index contributed by atoms with van der Waals surface area (Å²) in [4.78, 5) is 39.3. The van der Waals surface area contributed by atoms with Gasteiger partial charge in [-0.3, -0.25) is 24.7 Å². The zero-order valence-corrected chi connectivity index (χ0v) is 23.1. The number of rotatable bonds is 4. The second-order valence-corrected chi connectivity index (χ2v) is 11.5. The summed E-state index contributed by atoms with van der Waals surface area (Å²) in [6, 6.07) is 12.2. The van der Waals surface area contributed by atoms with Crippen molar-refractivity contribution in [3.05, 3.63) is 89.5 Å². The summed E-state index contributed by atoms with van der Waals surface area (Å²) in [5, 5.41) is 6.48. The standard InChI is InChI=1S/C31H32N8O/c1-30(2,3)29(40)37-22-13-20(15-33-16-22)19-5-6-24-23(14-19)26(36-12-11-35-24)28-38-25-17-34-18-31(4,27(25)39-28)21-7-9-32-10-8-21/h5-10,13-17,35H,11-12,18H2,1-4H3,(H,37,40)(H,38,39). The van der Waals surface area contributed by atoms with E-state index in [9.17, 15) is 4.79 Å². The monoisotopic (exact) mass is 532 g/mol. The largest absolute Gasteiger partial charge is 0.383 e. The molecule has 0 saturated heterocycles. The summed E-state index contributed by atoms with van der Waals surface area (Å²) in [5.41, 5.74) is 7.39. The van der Waals surface area contributed by atoms with E-state index >= 15 is 0 Å². The van der Waals surface area contributed by atoms with Gasteiger partial charge in [-0.25, -0.2) is 4.98 Å². The summed E-state index contributed by atoms with van der Waals surface area (Å²) < 4.78 is 0. The Morgan fingerprint density at radius 2 is 1.85 bits per heavy atom. The molecule has 3 N–H and O–H groups in total. The Kier molecular flexibility index (Phi) is 6.29. The molecule has 6 rings (SSSR count). The highest BCUT2D eigenvalue weighted by Crippen LogP contribution is 2.36.